The summed E-state index contributed by atoms with van der Waals surface area (Å²) in [5, 5.41) is 0. The van der Waals surface area contributed by atoms with E-state index in [1.807, 2.05) is 11.8 Å². The molecule has 0 bridgehead atoms. The van der Waals surface area contributed by atoms with Crippen molar-refractivity contribution in [3.8, 4) is 5.88 Å². The monoisotopic (exact) mass is 320 g/mol. The fourth-order valence-electron chi connectivity index (χ4n) is 2.95. The number of ether oxygens (including phenoxy) is 2. The third-order valence-corrected chi connectivity index (χ3v) is 4.18. The largest absolute Gasteiger partial charge is 0.481 e. The Kier molecular flexibility index (Phi) is 6.38. The number of esters is 1. The molecule has 2 rings (SSSR count). The van der Waals surface area contributed by atoms with Gasteiger partial charge in [-0.3, -0.25) is 4.79 Å². The van der Waals surface area contributed by atoms with Gasteiger partial charge < -0.3 is 14.4 Å². The van der Waals surface area contributed by atoms with E-state index < -0.39 is 5.97 Å². The third kappa shape index (κ3) is 4.68. The predicted molar refractivity (Wildman–Crippen MR) is 85.3 cm³/mol. The van der Waals surface area contributed by atoms with E-state index in [0.29, 0.717) is 18.0 Å². The summed E-state index contributed by atoms with van der Waals surface area (Å²) in [6, 6.07) is 3.43. The molecule has 1 saturated carbocycles. The predicted octanol–water partition coefficient (Wildman–Crippen LogP) is 2.43. The van der Waals surface area contributed by atoms with Crippen LogP contribution in [0.15, 0.2) is 18.3 Å². The van der Waals surface area contributed by atoms with Crippen LogP contribution in [-0.4, -0.2) is 48.1 Å². The molecule has 6 nitrogen and oxygen atoms in total. The molecule has 0 saturated heterocycles. The lowest BCUT2D eigenvalue weighted by atomic mass is 9.94. The van der Waals surface area contributed by atoms with Crippen LogP contribution in [0.3, 0.4) is 0 Å². The summed E-state index contributed by atoms with van der Waals surface area (Å²) in [6.07, 6.45) is 7.01. The van der Waals surface area contributed by atoms with Crippen LogP contribution in [0.25, 0.3) is 0 Å². The zero-order valence-electron chi connectivity index (χ0n) is 13.8. The molecule has 1 aromatic rings. The molecule has 1 aromatic heterocycles. The molecule has 6 heteroatoms. The number of methoxy groups -OCH3 is 1. The van der Waals surface area contributed by atoms with Gasteiger partial charge in [0.25, 0.3) is 5.91 Å². The number of hydrogen-bond donors (Lipinski definition) is 0. The number of likely N-dealkylation sites (N-methyl/N-ethyl adjacent to an activating group) is 1. The highest BCUT2D eigenvalue weighted by Gasteiger charge is 2.24. The van der Waals surface area contributed by atoms with Crippen LogP contribution >= 0.6 is 0 Å². The van der Waals surface area contributed by atoms with Gasteiger partial charge in [-0.15, -0.1) is 0 Å². The number of amides is 1. The highest BCUT2D eigenvalue weighted by molar-refractivity contribution is 5.91. The molecule has 0 N–H and O–H groups in total. The van der Waals surface area contributed by atoms with Crippen LogP contribution in [0.1, 0.15) is 49.4 Å². The minimum atomic E-state index is -0.548. The van der Waals surface area contributed by atoms with Crippen molar-refractivity contribution in [3.05, 3.63) is 23.9 Å². The molecule has 0 aliphatic heterocycles. The summed E-state index contributed by atoms with van der Waals surface area (Å²) < 4.78 is 10.1. The van der Waals surface area contributed by atoms with Crippen LogP contribution in [0.4, 0.5) is 0 Å². The molecule has 0 atom stereocenters. The minimum absolute atomic E-state index is 0.130. The van der Waals surface area contributed by atoms with Crippen molar-refractivity contribution in [2.24, 2.45) is 0 Å². The Morgan fingerprint density at radius 1 is 1.26 bits per heavy atom. The van der Waals surface area contributed by atoms with Gasteiger partial charge in [0.05, 0.1) is 12.7 Å². The van der Waals surface area contributed by atoms with Gasteiger partial charge in [0.15, 0.2) is 6.61 Å². The van der Waals surface area contributed by atoms with E-state index in [4.69, 9.17) is 9.47 Å². The van der Waals surface area contributed by atoms with Crippen molar-refractivity contribution in [1.29, 1.82) is 0 Å². The molecule has 1 fully saturated rings. The van der Waals surface area contributed by atoms with Crippen molar-refractivity contribution in [3.63, 3.8) is 0 Å². The molecule has 0 radical (unpaired) electrons. The Balaban J connectivity index is 1.87. The Morgan fingerprint density at radius 2 is 2.00 bits per heavy atom. The van der Waals surface area contributed by atoms with Gasteiger partial charge in [-0.05, 0) is 25.8 Å². The standard InChI is InChI=1S/C17H24N2O4/c1-3-19(14-7-5-4-6-8-14)16(20)12-23-17(21)13-9-10-15(22-2)18-11-13/h9-11,14H,3-8,12H2,1-2H3. The second-order valence-electron chi connectivity index (χ2n) is 5.64. The van der Waals surface area contributed by atoms with E-state index in [9.17, 15) is 9.59 Å². The van der Waals surface area contributed by atoms with Gasteiger partial charge in [-0.2, -0.15) is 0 Å². The quantitative estimate of drug-likeness (QED) is 0.753. The maximum atomic E-state index is 12.3. The second kappa shape index (κ2) is 8.50. The zero-order valence-corrected chi connectivity index (χ0v) is 13.8. The summed E-state index contributed by atoms with van der Waals surface area (Å²) in [4.78, 5) is 30.1. The number of aromatic nitrogens is 1. The first-order chi connectivity index (χ1) is 11.2. The number of hydrogen-bond acceptors (Lipinski definition) is 5. The van der Waals surface area contributed by atoms with E-state index in [2.05, 4.69) is 4.98 Å². The van der Waals surface area contributed by atoms with E-state index >= 15 is 0 Å². The summed E-state index contributed by atoms with van der Waals surface area (Å²) in [5.41, 5.74) is 0.305. The second-order valence-corrected chi connectivity index (χ2v) is 5.64. The van der Waals surface area contributed by atoms with Crippen molar-refractivity contribution < 1.29 is 19.1 Å². The number of carbonyl (C=O) groups is 2. The fraction of sp³-hybridized carbons (Fsp3) is 0.588. The van der Waals surface area contributed by atoms with Gasteiger partial charge in [0.2, 0.25) is 5.88 Å². The normalized spacial score (nSPS) is 15.0. The van der Waals surface area contributed by atoms with Crippen molar-refractivity contribution in [1.82, 2.24) is 9.88 Å². The molecule has 1 heterocycles. The first kappa shape index (κ1) is 17.2. The Morgan fingerprint density at radius 3 is 2.57 bits per heavy atom. The first-order valence-corrected chi connectivity index (χ1v) is 8.12. The lowest BCUT2D eigenvalue weighted by Crippen LogP contribution is -2.43. The minimum Gasteiger partial charge on any atom is -0.481 e. The van der Waals surface area contributed by atoms with Gasteiger partial charge in [0, 0.05) is 24.8 Å². The molecule has 1 amide bonds. The summed E-state index contributed by atoms with van der Waals surface area (Å²) in [6.45, 7) is 2.38. The summed E-state index contributed by atoms with van der Waals surface area (Å²) in [7, 11) is 1.50. The van der Waals surface area contributed by atoms with E-state index in [-0.39, 0.29) is 18.6 Å². The lowest BCUT2D eigenvalue weighted by molar-refractivity contribution is -0.137. The van der Waals surface area contributed by atoms with Gasteiger partial charge in [-0.25, -0.2) is 9.78 Å². The Bertz CT molecular complexity index is 524. The lowest BCUT2D eigenvalue weighted by Gasteiger charge is -2.33. The molecule has 23 heavy (non-hydrogen) atoms. The average molecular weight is 320 g/mol. The number of pyridine rings is 1. The molecular weight excluding hydrogens is 296 g/mol. The number of rotatable bonds is 6. The van der Waals surface area contributed by atoms with Gasteiger partial charge >= 0.3 is 5.97 Å². The van der Waals surface area contributed by atoms with Crippen LogP contribution in [0.5, 0.6) is 5.88 Å². The number of carbonyl (C=O) groups excluding carboxylic acids is 2. The molecule has 1 aliphatic rings. The fourth-order valence-corrected chi connectivity index (χ4v) is 2.95. The molecule has 1 aliphatic carbocycles. The average Bonchev–Trinajstić information content (AvgIpc) is 2.61. The Labute approximate surface area is 136 Å². The van der Waals surface area contributed by atoms with Crippen molar-refractivity contribution in [2.75, 3.05) is 20.3 Å². The van der Waals surface area contributed by atoms with Crippen LogP contribution in [0.2, 0.25) is 0 Å². The summed E-state index contributed by atoms with van der Waals surface area (Å²) in [5.74, 6) is -0.255. The van der Waals surface area contributed by atoms with E-state index in [1.165, 1.54) is 19.7 Å². The zero-order chi connectivity index (χ0) is 16.7. The highest BCUT2D eigenvalue weighted by Crippen LogP contribution is 2.22. The Hall–Kier alpha value is -2.11. The third-order valence-electron chi connectivity index (χ3n) is 4.18. The van der Waals surface area contributed by atoms with E-state index in [1.54, 1.807) is 12.1 Å². The molecule has 0 spiro atoms. The maximum absolute atomic E-state index is 12.3. The number of nitrogens with zero attached hydrogens (tertiary/aromatic N) is 2. The SMILES string of the molecule is CCN(C(=O)COC(=O)c1ccc(OC)nc1)C1CCCCC1. The van der Waals surface area contributed by atoms with E-state index in [0.717, 1.165) is 25.7 Å². The van der Waals surface area contributed by atoms with Crippen LogP contribution in [0, 0.1) is 0 Å². The van der Waals surface area contributed by atoms with Crippen LogP contribution in [-0.2, 0) is 9.53 Å². The molecule has 0 unspecified atom stereocenters. The topological polar surface area (TPSA) is 68.7 Å². The molecular formula is C17H24N2O4. The highest BCUT2D eigenvalue weighted by atomic mass is 16.5. The first-order valence-electron chi connectivity index (χ1n) is 8.12. The van der Waals surface area contributed by atoms with Crippen LogP contribution < -0.4 is 4.74 Å². The van der Waals surface area contributed by atoms with Gasteiger partial charge in [0.1, 0.15) is 0 Å². The molecule has 126 valence electrons. The smallest absolute Gasteiger partial charge is 0.340 e. The molecule has 0 aromatic carbocycles. The maximum Gasteiger partial charge on any atom is 0.340 e. The van der Waals surface area contributed by atoms with Gasteiger partial charge in [-0.1, -0.05) is 19.3 Å². The summed E-state index contributed by atoms with van der Waals surface area (Å²) >= 11 is 0. The van der Waals surface area contributed by atoms with Crippen molar-refractivity contribution in [2.45, 2.75) is 45.1 Å². The van der Waals surface area contributed by atoms with Crippen molar-refractivity contribution >= 4 is 11.9 Å².